The van der Waals surface area contributed by atoms with E-state index in [1.807, 2.05) is 12.1 Å². The lowest BCUT2D eigenvalue weighted by Gasteiger charge is -2.50. The topological polar surface area (TPSA) is 52.6 Å². The first kappa shape index (κ1) is 19.7. The summed E-state index contributed by atoms with van der Waals surface area (Å²) in [5.41, 5.74) is 6.56. The predicted octanol–water partition coefficient (Wildman–Crippen LogP) is 6.00. The Hall–Kier alpha value is -3.27. The lowest BCUT2D eigenvalue weighted by Crippen LogP contribution is -2.47. The summed E-state index contributed by atoms with van der Waals surface area (Å²) in [7, 11) is 0. The molecule has 0 aromatic heterocycles. The monoisotopic (exact) mass is 412 g/mol. The van der Waals surface area contributed by atoms with Crippen LogP contribution in [0.25, 0.3) is 0 Å². The molecule has 0 aliphatic carbocycles. The van der Waals surface area contributed by atoms with Gasteiger partial charge in [0, 0.05) is 35.3 Å². The van der Waals surface area contributed by atoms with E-state index in [0.717, 1.165) is 25.9 Å². The maximum atomic E-state index is 11.6. The molecule has 0 spiro atoms. The lowest BCUT2D eigenvalue weighted by atomic mass is 9.64. The fraction of sp³-hybridized carbons (Fsp3) is 0.296. The molecule has 5 rings (SSSR count). The number of nitrogens with zero attached hydrogens (tertiary/aromatic N) is 1. The Balaban J connectivity index is 1.79. The molecular weight excluding hydrogens is 384 g/mol. The number of rotatable bonds is 3. The van der Waals surface area contributed by atoms with Gasteiger partial charge in [-0.25, -0.2) is 4.79 Å². The van der Waals surface area contributed by atoms with Gasteiger partial charge in [0.05, 0.1) is 0 Å². The van der Waals surface area contributed by atoms with Gasteiger partial charge in [0.25, 0.3) is 0 Å². The molecule has 3 aromatic carbocycles. The van der Waals surface area contributed by atoms with Crippen LogP contribution in [0.2, 0.25) is 0 Å². The van der Waals surface area contributed by atoms with Crippen LogP contribution < -0.4 is 10.2 Å². The van der Waals surface area contributed by atoms with Crippen molar-refractivity contribution in [3.8, 4) is 0 Å². The maximum Gasteiger partial charge on any atom is 0.409 e. The number of benzene rings is 3. The number of amides is 1. The Bertz CT molecular complexity index is 1050. The number of nitrogens with one attached hydrogen (secondary N) is 1. The number of carboxylic acid groups (broad SMARTS) is 1. The van der Waals surface area contributed by atoms with Crippen LogP contribution in [0.1, 0.15) is 48.9 Å². The molecule has 0 bridgehead atoms. The van der Waals surface area contributed by atoms with Crippen LogP contribution in [0, 0.1) is 0 Å². The highest BCUT2D eigenvalue weighted by atomic mass is 16.4. The van der Waals surface area contributed by atoms with Gasteiger partial charge in [0.15, 0.2) is 0 Å². The molecule has 4 heteroatoms. The molecule has 4 nitrogen and oxygen atoms in total. The van der Waals surface area contributed by atoms with E-state index in [0.29, 0.717) is 5.69 Å². The SMILES string of the molecule is CC1(c2ccccc2)CCN2CCC(C)(c3ccccc3)c3cc(NC(=O)O)cc1c32. The highest BCUT2D eigenvalue weighted by Crippen LogP contribution is 2.53. The van der Waals surface area contributed by atoms with E-state index >= 15 is 0 Å². The molecule has 0 saturated carbocycles. The lowest BCUT2D eigenvalue weighted by molar-refractivity contribution is 0.209. The van der Waals surface area contributed by atoms with Crippen LogP contribution in [-0.4, -0.2) is 24.3 Å². The molecule has 3 aromatic rings. The summed E-state index contributed by atoms with van der Waals surface area (Å²) in [6, 6.07) is 25.3. The first-order valence-electron chi connectivity index (χ1n) is 11.0. The molecule has 2 aliphatic rings. The molecule has 0 radical (unpaired) electrons. The minimum atomic E-state index is -1.03. The zero-order valence-electron chi connectivity index (χ0n) is 18.1. The van der Waals surface area contributed by atoms with Gasteiger partial charge < -0.3 is 10.0 Å². The number of hydrogen-bond donors (Lipinski definition) is 2. The molecule has 0 fully saturated rings. The highest BCUT2D eigenvalue weighted by molar-refractivity contribution is 5.86. The van der Waals surface area contributed by atoms with Crippen molar-refractivity contribution in [1.82, 2.24) is 0 Å². The van der Waals surface area contributed by atoms with Crippen molar-refractivity contribution < 1.29 is 9.90 Å². The number of carbonyl (C=O) groups is 1. The van der Waals surface area contributed by atoms with E-state index < -0.39 is 6.09 Å². The van der Waals surface area contributed by atoms with E-state index in [1.54, 1.807) is 0 Å². The van der Waals surface area contributed by atoms with Crippen molar-refractivity contribution >= 4 is 17.5 Å². The van der Waals surface area contributed by atoms with Crippen molar-refractivity contribution in [3.05, 3.63) is 95.1 Å². The van der Waals surface area contributed by atoms with Gasteiger partial charge in [-0.3, -0.25) is 5.32 Å². The van der Waals surface area contributed by atoms with Crippen molar-refractivity contribution in [2.75, 3.05) is 23.3 Å². The van der Waals surface area contributed by atoms with Gasteiger partial charge in [-0.15, -0.1) is 0 Å². The van der Waals surface area contributed by atoms with Crippen LogP contribution in [-0.2, 0) is 10.8 Å². The van der Waals surface area contributed by atoms with Gasteiger partial charge in [-0.1, -0.05) is 74.5 Å². The summed E-state index contributed by atoms with van der Waals surface area (Å²) in [5, 5.41) is 12.1. The minimum Gasteiger partial charge on any atom is -0.465 e. The van der Waals surface area contributed by atoms with Crippen molar-refractivity contribution in [2.24, 2.45) is 0 Å². The summed E-state index contributed by atoms with van der Waals surface area (Å²) < 4.78 is 0. The normalized spacial score (nSPS) is 24.4. The third-order valence-electron chi connectivity index (χ3n) is 7.45. The first-order chi connectivity index (χ1) is 14.9. The molecule has 0 saturated heterocycles. The quantitative estimate of drug-likeness (QED) is 0.554. The minimum absolute atomic E-state index is 0.174. The van der Waals surface area contributed by atoms with Crippen LogP contribution >= 0.6 is 0 Å². The zero-order chi connectivity index (χ0) is 21.6. The van der Waals surface area contributed by atoms with Gasteiger partial charge in [0.1, 0.15) is 0 Å². The third-order valence-corrected chi connectivity index (χ3v) is 7.45. The smallest absolute Gasteiger partial charge is 0.409 e. The molecule has 2 heterocycles. The van der Waals surface area contributed by atoms with Crippen molar-refractivity contribution in [2.45, 2.75) is 37.5 Å². The summed E-state index contributed by atoms with van der Waals surface area (Å²) in [4.78, 5) is 14.1. The maximum absolute atomic E-state index is 11.6. The van der Waals surface area contributed by atoms with E-state index in [-0.39, 0.29) is 10.8 Å². The Morgan fingerprint density at radius 1 is 0.839 bits per heavy atom. The molecule has 2 unspecified atom stereocenters. The molecule has 31 heavy (non-hydrogen) atoms. The summed E-state index contributed by atoms with van der Waals surface area (Å²) in [6.45, 7) is 6.60. The molecule has 1 amide bonds. The van der Waals surface area contributed by atoms with Crippen LogP contribution in [0.15, 0.2) is 72.8 Å². The highest BCUT2D eigenvalue weighted by Gasteiger charge is 2.44. The second kappa shape index (κ2) is 7.16. The second-order valence-corrected chi connectivity index (χ2v) is 9.23. The number of hydrogen-bond acceptors (Lipinski definition) is 2. The van der Waals surface area contributed by atoms with Crippen molar-refractivity contribution in [3.63, 3.8) is 0 Å². The first-order valence-corrected chi connectivity index (χ1v) is 11.0. The molecular formula is C27H28N2O2. The average Bonchev–Trinajstić information content (AvgIpc) is 2.79. The summed E-state index contributed by atoms with van der Waals surface area (Å²) in [6.07, 6.45) is 0.975. The van der Waals surface area contributed by atoms with Gasteiger partial charge in [-0.2, -0.15) is 0 Å². The van der Waals surface area contributed by atoms with E-state index in [2.05, 4.69) is 84.7 Å². The average molecular weight is 413 g/mol. The standard InChI is InChI=1S/C27H28N2O2/c1-26(19-9-5-3-6-10-19)13-15-29-16-14-27(2,20-11-7-4-8-12-20)23-18-21(28-25(30)31)17-22(26)24(23)29/h3-12,17-18,28H,13-16H2,1-2H3,(H,30,31). The fourth-order valence-corrected chi connectivity index (χ4v) is 5.55. The fourth-order valence-electron chi connectivity index (χ4n) is 5.55. The molecule has 2 atom stereocenters. The van der Waals surface area contributed by atoms with Gasteiger partial charge >= 0.3 is 6.09 Å². The zero-order valence-corrected chi connectivity index (χ0v) is 18.1. The summed E-state index contributed by atoms with van der Waals surface area (Å²) >= 11 is 0. The predicted molar refractivity (Wildman–Crippen MR) is 125 cm³/mol. The van der Waals surface area contributed by atoms with E-state index in [9.17, 15) is 9.90 Å². The Morgan fingerprint density at radius 2 is 1.29 bits per heavy atom. The van der Waals surface area contributed by atoms with Crippen LogP contribution in [0.3, 0.4) is 0 Å². The van der Waals surface area contributed by atoms with E-state index in [4.69, 9.17) is 0 Å². The summed E-state index contributed by atoms with van der Waals surface area (Å²) in [5.74, 6) is 0. The number of anilines is 2. The van der Waals surface area contributed by atoms with Gasteiger partial charge in [0.2, 0.25) is 0 Å². The Labute approximate surface area is 183 Å². The molecule has 158 valence electrons. The largest absolute Gasteiger partial charge is 0.465 e. The molecule has 2 aliphatic heterocycles. The Kier molecular flexibility index (Phi) is 4.54. The molecule has 2 N–H and O–H groups in total. The van der Waals surface area contributed by atoms with Crippen LogP contribution in [0.5, 0.6) is 0 Å². The Morgan fingerprint density at radius 3 is 1.71 bits per heavy atom. The van der Waals surface area contributed by atoms with Gasteiger partial charge in [-0.05, 0) is 47.2 Å². The van der Waals surface area contributed by atoms with Crippen LogP contribution in [0.4, 0.5) is 16.2 Å². The second-order valence-electron chi connectivity index (χ2n) is 9.23. The van der Waals surface area contributed by atoms with E-state index in [1.165, 1.54) is 27.9 Å². The van der Waals surface area contributed by atoms with Crippen molar-refractivity contribution in [1.29, 1.82) is 0 Å². The third kappa shape index (κ3) is 3.09.